The van der Waals surface area contributed by atoms with Gasteiger partial charge in [0.15, 0.2) is 0 Å². The van der Waals surface area contributed by atoms with E-state index in [9.17, 15) is 4.79 Å². The molecule has 1 saturated heterocycles. The number of morpholine rings is 1. The summed E-state index contributed by atoms with van der Waals surface area (Å²) in [5, 5.41) is 0. The van der Waals surface area contributed by atoms with Gasteiger partial charge in [0.25, 0.3) is 0 Å². The Morgan fingerprint density at radius 1 is 1.55 bits per heavy atom. The monoisotopic (exact) mass is 277 g/mol. The molecule has 1 aliphatic heterocycles. The van der Waals surface area contributed by atoms with Crippen molar-refractivity contribution in [3.05, 3.63) is 24.3 Å². The molecule has 110 valence electrons. The summed E-state index contributed by atoms with van der Waals surface area (Å²) in [4.78, 5) is 14.6. The Labute approximate surface area is 120 Å². The Bertz CT molecular complexity index is 418. The third kappa shape index (κ3) is 2.54. The highest BCUT2D eigenvalue weighted by atomic mass is 16.5. The molecule has 0 radical (unpaired) electrons. The van der Waals surface area contributed by atoms with Gasteiger partial charge in [-0.2, -0.15) is 0 Å². The summed E-state index contributed by atoms with van der Waals surface area (Å²) in [7, 11) is 0. The molecule has 20 heavy (non-hydrogen) atoms. The van der Waals surface area contributed by atoms with Gasteiger partial charge in [-0.05, 0) is 32.1 Å². The lowest BCUT2D eigenvalue weighted by molar-refractivity contribution is -0.147. The van der Waals surface area contributed by atoms with E-state index >= 15 is 0 Å². The normalized spacial score (nSPS) is 32.9. The van der Waals surface area contributed by atoms with Crippen LogP contribution in [-0.2, 0) is 14.3 Å². The maximum Gasteiger partial charge on any atom is 0.249 e. The van der Waals surface area contributed by atoms with Crippen LogP contribution in [0.2, 0.25) is 0 Å². The van der Waals surface area contributed by atoms with Gasteiger partial charge in [-0.1, -0.05) is 12.2 Å². The van der Waals surface area contributed by atoms with Crippen molar-refractivity contribution >= 4 is 5.91 Å². The first kappa shape index (κ1) is 13.8. The molecule has 0 unspecified atom stereocenters. The number of hydrogen-bond acceptors (Lipinski definition) is 3. The van der Waals surface area contributed by atoms with Crippen LogP contribution in [0.15, 0.2) is 24.3 Å². The van der Waals surface area contributed by atoms with Gasteiger partial charge in [0, 0.05) is 12.1 Å². The van der Waals surface area contributed by atoms with Crippen molar-refractivity contribution in [2.45, 2.75) is 50.4 Å². The van der Waals surface area contributed by atoms with Crippen molar-refractivity contribution in [3.63, 3.8) is 0 Å². The Hall–Kier alpha value is -1.13. The lowest BCUT2D eigenvalue weighted by Crippen LogP contribution is -2.54. The zero-order chi connectivity index (χ0) is 13.9. The first-order valence-corrected chi connectivity index (χ1v) is 7.65. The fraction of sp³-hybridized carbons (Fsp3) is 0.688. The molecular formula is C16H23NO3. The molecular weight excluding hydrogens is 254 g/mol. The van der Waals surface area contributed by atoms with Crippen LogP contribution in [0.5, 0.6) is 0 Å². The fourth-order valence-corrected chi connectivity index (χ4v) is 3.59. The van der Waals surface area contributed by atoms with Crippen LogP contribution in [0.25, 0.3) is 0 Å². The average Bonchev–Trinajstić information content (AvgIpc) is 3.13. The lowest BCUT2D eigenvalue weighted by atomic mass is 10.1. The molecule has 1 amide bonds. The Morgan fingerprint density at radius 3 is 3.20 bits per heavy atom. The van der Waals surface area contributed by atoms with Crippen LogP contribution in [0.4, 0.5) is 0 Å². The van der Waals surface area contributed by atoms with Crippen molar-refractivity contribution in [1.82, 2.24) is 4.90 Å². The molecule has 4 heteroatoms. The highest BCUT2D eigenvalue weighted by Crippen LogP contribution is 2.33. The minimum atomic E-state index is 0.0367. The molecule has 3 rings (SSSR count). The fourth-order valence-electron chi connectivity index (χ4n) is 3.59. The average molecular weight is 277 g/mol. The highest BCUT2D eigenvalue weighted by molar-refractivity contribution is 5.94. The summed E-state index contributed by atoms with van der Waals surface area (Å²) in [6, 6.07) is 0.188. The largest absolute Gasteiger partial charge is 0.372 e. The number of amides is 1. The van der Waals surface area contributed by atoms with Crippen molar-refractivity contribution in [2.24, 2.45) is 0 Å². The first-order chi connectivity index (χ1) is 9.81. The number of allylic oxidation sites excluding steroid dienone is 1. The minimum absolute atomic E-state index is 0.0367. The van der Waals surface area contributed by atoms with Crippen LogP contribution in [0, 0.1) is 0 Å². The van der Waals surface area contributed by atoms with Gasteiger partial charge < -0.3 is 14.4 Å². The quantitative estimate of drug-likeness (QED) is 0.738. The summed E-state index contributed by atoms with van der Waals surface area (Å²) in [5.74, 6) is 0.227. The zero-order valence-electron chi connectivity index (χ0n) is 11.9. The number of carbonyl (C=O) groups excluding carboxylic acids is 1. The molecule has 2 fully saturated rings. The number of ether oxygens (including phenoxy) is 2. The van der Waals surface area contributed by atoms with Crippen LogP contribution in [-0.4, -0.2) is 48.8 Å². The summed E-state index contributed by atoms with van der Waals surface area (Å²) >= 11 is 0. The SMILES string of the molecule is C=CCO[C@H]1CC[C@H]2[C@@H]1OCCN2C(=O)C1=CCCC1. The molecule has 0 bridgehead atoms. The van der Waals surface area contributed by atoms with Crippen LogP contribution >= 0.6 is 0 Å². The molecule has 0 spiro atoms. The topological polar surface area (TPSA) is 38.8 Å². The van der Waals surface area contributed by atoms with E-state index in [1.165, 1.54) is 0 Å². The summed E-state index contributed by atoms with van der Waals surface area (Å²) in [5.41, 5.74) is 1.00. The Balaban J connectivity index is 1.68. The van der Waals surface area contributed by atoms with Gasteiger partial charge in [-0.25, -0.2) is 0 Å². The predicted molar refractivity (Wildman–Crippen MR) is 76.3 cm³/mol. The lowest BCUT2D eigenvalue weighted by Gasteiger charge is -2.39. The molecule has 2 aliphatic carbocycles. The summed E-state index contributed by atoms with van der Waals surface area (Å²) < 4.78 is 11.7. The van der Waals surface area contributed by atoms with E-state index in [0.717, 1.165) is 37.7 Å². The van der Waals surface area contributed by atoms with Crippen LogP contribution in [0.1, 0.15) is 32.1 Å². The zero-order valence-corrected chi connectivity index (χ0v) is 11.9. The van der Waals surface area contributed by atoms with Crippen molar-refractivity contribution in [2.75, 3.05) is 19.8 Å². The van der Waals surface area contributed by atoms with E-state index < -0.39 is 0 Å². The smallest absolute Gasteiger partial charge is 0.249 e. The second kappa shape index (κ2) is 6.10. The van der Waals surface area contributed by atoms with Crippen molar-refractivity contribution in [1.29, 1.82) is 0 Å². The Morgan fingerprint density at radius 2 is 2.45 bits per heavy atom. The van der Waals surface area contributed by atoms with Crippen molar-refractivity contribution in [3.8, 4) is 0 Å². The predicted octanol–water partition coefficient (Wildman–Crippen LogP) is 2.06. The molecule has 1 saturated carbocycles. The van der Waals surface area contributed by atoms with E-state index in [4.69, 9.17) is 9.47 Å². The third-order valence-corrected chi connectivity index (χ3v) is 4.54. The highest BCUT2D eigenvalue weighted by Gasteiger charge is 2.45. The minimum Gasteiger partial charge on any atom is -0.372 e. The molecule has 0 aromatic carbocycles. The number of rotatable bonds is 4. The maximum absolute atomic E-state index is 12.6. The molecule has 1 heterocycles. The van der Waals surface area contributed by atoms with E-state index in [-0.39, 0.29) is 24.2 Å². The number of nitrogens with zero attached hydrogens (tertiary/aromatic N) is 1. The van der Waals surface area contributed by atoms with E-state index in [0.29, 0.717) is 19.8 Å². The van der Waals surface area contributed by atoms with Gasteiger partial charge >= 0.3 is 0 Å². The van der Waals surface area contributed by atoms with Gasteiger partial charge in [0.2, 0.25) is 5.91 Å². The standard InChI is InChI=1S/C16H23NO3/c1-2-10-19-14-8-7-13-15(14)20-11-9-17(13)16(18)12-5-3-4-6-12/h2,5,13-15H,1,3-4,6-11H2/t13-,14-,15-/m0/s1. The van der Waals surface area contributed by atoms with Gasteiger partial charge in [0.1, 0.15) is 6.10 Å². The maximum atomic E-state index is 12.6. The van der Waals surface area contributed by atoms with Gasteiger partial charge in [-0.15, -0.1) is 6.58 Å². The second-order valence-corrected chi connectivity index (χ2v) is 5.76. The number of carbonyl (C=O) groups is 1. The molecule has 3 atom stereocenters. The number of hydrogen-bond donors (Lipinski definition) is 0. The third-order valence-electron chi connectivity index (χ3n) is 4.54. The Kier molecular flexibility index (Phi) is 4.22. The molecule has 0 aromatic rings. The first-order valence-electron chi connectivity index (χ1n) is 7.65. The summed E-state index contributed by atoms with van der Waals surface area (Å²) in [6.07, 6.45) is 9.05. The van der Waals surface area contributed by atoms with E-state index in [2.05, 4.69) is 12.7 Å². The summed E-state index contributed by atoms with van der Waals surface area (Å²) in [6.45, 7) is 5.57. The van der Waals surface area contributed by atoms with E-state index in [1.54, 1.807) is 6.08 Å². The van der Waals surface area contributed by atoms with Crippen LogP contribution in [0.3, 0.4) is 0 Å². The molecule has 3 aliphatic rings. The van der Waals surface area contributed by atoms with Gasteiger partial charge in [0.05, 0.1) is 25.4 Å². The van der Waals surface area contributed by atoms with Crippen molar-refractivity contribution < 1.29 is 14.3 Å². The molecule has 0 N–H and O–H groups in total. The second-order valence-electron chi connectivity index (χ2n) is 5.76. The molecule has 0 aromatic heterocycles. The van der Waals surface area contributed by atoms with E-state index in [1.807, 2.05) is 4.90 Å². The van der Waals surface area contributed by atoms with Gasteiger partial charge in [-0.3, -0.25) is 4.79 Å². The number of fused-ring (bicyclic) bond motifs is 1. The van der Waals surface area contributed by atoms with Crippen LogP contribution < -0.4 is 0 Å². The molecule has 4 nitrogen and oxygen atoms in total.